The topological polar surface area (TPSA) is 71.4 Å². The molecule has 1 saturated heterocycles. The number of amides is 3. The van der Waals surface area contributed by atoms with Crippen LogP contribution in [0.4, 0.5) is 4.79 Å². The molecule has 1 N–H and O–H groups in total. The number of aryl methyl sites for hydroxylation is 2. The molecule has 2 heterocycles. The molecule has 6 heteroatoms. The van der Waals surface area contributed by atoms with Crippen LogP contribution in [0.1, 0.15) is 34.3 Å². The second kappa shape index (κ2) is 7.94. The Kier molecular flexibility index (Phi) is 4.85. The smallest absolute Gasteiger partial charge is 0.325 e. The Balaban J connectivity index is 1.41. The van der Waals surface area contributed by atoms with Gasteiger partial charge in [0.05, 0.1) is 17.8 Å². The number of Topliss-reactive ketones (excluding diaryl/α,β-unsaturated/α-hetero) is 1. The van der Waals surface area contributed by atoms with Crippen LogP contribution in [-0.4, -0.2) is 33.7 Å². The molecule has 0 radical (unpaired) electrons. The second-order valence-corrected chi connectivity index (χ2v) is 9.33. The van der Waals surface area contributed by atoms with Crippen LogP contribution in [0.25, 0.3) is 22.2 Å². The van der Waals surface area contributed by atoms with Gasteiger partial charge < -0.3 is 9.88 Å². The summed E-state index contributed by atoms with van der Waals surface area (Å²) in [4.78, 5) is 41.8. The van der Waals surface area contributed by atoms with Crippen molar-refractivity contribution < 1.29 is 14.4 Å². The minimum atomic E-state index is -1.09. The number of ketones is 1. The van der Waals surface area contributed by atoms with E-state index in [9.17, 15) is 14.4 Å². The van der Waals surface area contributed by atoms with E-state index in [2.05, 4.69) is 5.32 Å². The third-order valence-corrected chi connectivity index (χ3v) is 7.39. The highest BCUT2D eigenvalue weighted by Crippen LogP contribution is 2.40. The highest BCUT2D eigenvalue weighted by atomic mass is 16.2. The van der Waals surface area contributed by atoms with E-state index >= 15 is 0 Å². The molecule has 0 bridgehead atoms. The number of carbonyl (C=O) groups is 3. The minimum Gasteiger partial charge on any atom is -0.343 e. The summed E-state index contributed by atoms with van der Waals surface area (Å²) >= 11 is 0. The van der Waals surface area contributed by atoms with Crippen LogP contribution in [0.15, 0.2) is 78.9 Å². The molecule has 1 aliphatic carbocycles. The number of para-hydroxylation sites is 1. The molecular weight excluding hydrogens is 438 g/mol. The highest BCUT2D eigenvalue weighted by Gasteiger charge is 2.54. The lowest BCUT2D eigenvalue weighted by atomic mass is 9.76. The summed E-state index contributed by atoms with van der Waals surface area (Å²) in [5.74, 6) is -0.602. The Bertz CT molecular complexity index is 1500. The fraction of sp³-hybridized carbons (Fsp3) is 0.207. The summed E-state index contributed by atoms with van der Waals surface area (Å²) in [5, 5.41) is 3.76. The van der Waals surface area contributed by atoms with E-state index in [0.29, 0.717) is 12.0 Å². The van der Waals surface area contributed by atoms with E-state index in [0.717, 1.165) is 51.0 Å². The van der Waals surface area contributed by atoms with Crippen molar-refractivity contribution in [2.45, 2.75) is 24.8 Å². The quantitative estimate of drug-likeness (QED) is 0.349. The van der Waals surface area contributed by atoms with Crippen molar-refractivity contribution in [1.82, 2.24) is 14.8 Å². The number of carbonyl (C=O) groups excluding carboxylic acids is 3. The predicted octanol–water partition coefficient (Wildman–Crippen LogP) is 4.81. The maximum Gasteiger partial charge on any atom is 0.325 e. The number of fused-ring (bicyclic) bond motifs is 3. The Morgan fingerprint density at radius 2 is 1.66 bits per heavy atom. The van der Waals surface area contributed by atoms with Crippen LogP contribution in [-0.2, 0) is 23.8 Å². The average molecular weight is 464 g/mol. The van der Waals surface area contributed by atoms with Crippen molar-refractivity contribution in [2.24, 2.45) is 7.05 Å². The van der Waals surface area contributed by atoms with Crippen molar-refractivity contribution in [2.75, 3.05) is 6.54 Å². The van der Waals surface area contributed by atoms with Gasteiger partial charge in [0.25, 0.3) is 5.91 Å². The molecule has 6 rings (SSSR count). The molecule has 4 aromatic rings. The maximum absolute atomic E-state index is 13.8. The molecule has 1 atom stereocenters. The zero-order chi connectivity index (χ0) is 24.2. The van der Waals surface area contributed by atoms with Crippen molar-refractivity contribution in [3.05, 3.63) is 95.6 Å². The maximum atomic E-state index is 13.8. The van der Waals surface area contributed by atoms with Gasteiger partial charge in [-0.25, -0.2) is 4.79 Å². The summed E-state index contributed by atoms with van der Waals surface area (Å²) in [6.07, 6.45) is 2.20. The number of benzene rings is 3. The van der Waals surface area contributed by atoms with Crippen molar-refractivity contribution in [1.29, 1.82) is 0 Å². The van der Waals surface area contributed by atoms with Crippen molar-refractivity contribution >= 4 is 28.6 Å². The van der Waals surface area contributed by atoms with Gasteiger partial charge in [-0.1, -0.05) is 72.8 Å². The van der Waals surface area contributed by atoms with Gasteiger partial charge in [-0.2, -0.15) is 0 Å². The molecule has 0 saturated carbocycles. The minimum absolute atomic E-state index is 0.259. The van der Waals surface area contributed by atoms with Gasteiger partial charge in [-0.15, -0.1) is 0 Å². The SMILES string of the molecule is Cn1c(-c2ccccc2)c(C(=O)CN2C(=O)N[C@@]3(CCCc4ccccc43)C2=O)c2ccccc21. The second-order valence-electron chi connectivity index (χ2n) is 9.33. The van der Waals surface area contributed by atoms with E-state index in [1.807, 2.05) is 90.5 Å². The molecular formula is C29H25N3O3. The van der Waals surface area contributed by atoms with E-state index in [4.69, 9.17) is 0 Å². The first-order valence-electron chi connectivity index (χ1n) is 11.9. The first kappa shape index (κ1) is 21.4. The van der Waals surface area contributed by atoms with Gasteiger partial charge in [0.2, 0.25) is 0 Å². The summed E-state index contributed by atoms with van der Waals surface area (Å²) < 4.78 is 2.00. The molecule has 3 aromatic carbocycles. The lowest BCUT2D eigenvalue weighted by Gasteiger charge is -2.33. The number of rotatable bonds is 4. The van der Waals surface area contributed by atoms with Crippen molar-refractivity contribution in [3.63, 3.8) is 0 Å². The molecule has 174 valence electrons. The Labute approximate surface area is 203 Å². The molecule has 1 aromatic heterocycles. The van der Waals surface area contributed by atoms with Gasteiger partial charge in [0.1, 0.15) is 5.54 Å². The fourth-order valence-electron chi connectivity index (χ4n) is 5.79. The fourth-order valence-corrected chi connectivity index (χ4v) is 5.79. The number of hydrogen-bond acceptors (Lipinski definition) is 3. The van der Waals surface area contributed by atoms with Gasteiger partial charge in [-0.05, 0) is 42.0 Å². The summed E-state index contributed by atoms with van der Waals surface area (Å²) in [7, 11) is 1.93. The van der Waals surface area contributed by atoms with Crippen LogP contribution in [0.5, 0.6) is 0 Å². The average Bonchev–Trinajstić information content (AvgIpc) is 3.31. The van der Waals surface area contributed by atoms with Crippen LogP contribution in [0, 0.1) is 0 Å². The number of aromatic nitrogens is 1. The molecule has 1 fully saturated rings. The van der Waals surface area contributed by atoms with E-state index in [-0.39, 0.29) is 18.2 Å². The van der Waals surface area contributed by atoms with E-state index in [1.54, 1.807) is 0 Å². The molecule has 2 aliphatic rings. The van der Waals surface area contributed by atoms with Gasteiger partial charge >= 0.3 is 6.03 Å². The summed E-state index contributed by atoms with van der Waals surface area (Å²) in [5.41, 5.74) is 3.96. The van der Waals surface area contributed by atoms with Crippen LogP contribution < -0.4 is 5.32 Å². The van der Waals surface area contributed by atoms with E-state index < -0.39 is 11.6 Å². The largest absolute Gasteiger partial charge is 0.343 e. The Hall–Kier alpha value is -4.19. The zero-order valence-corrected chi connectivity index (χ0v) is 19.5. The van der Waals surface area contributed by atoms with E-state index in [1.165, 1.54) is 0 Å². The highest BCUT2D eigenvalue weighted by molar-refractivity contribution is 6.17. The van der Waals surface area contributed by atoms with Gasteiger partial charge in [-0.3, -0.25) is 14.5 Å². The number of hydrogen-bond donors (Lipinski definition) is 1. The lowest BCUT2D eigenvalue weighted by molar-refractivity contribution is -0.131. The third kappa shape index (κ3) is 3.13. The van der Waals surface area contributed by atoms with Crippen LogP contribution >= 0.6 is 0 Å². The molecule has 1 aliphatic heterocycles. The Morgan fingerprint density at radius 3 is 2.49 bits per heavy atom. The predicted molar refractivity (Wildman–Crippen MR) is 134 cm³/mol. The number of imide groups is 1. The van der Waals surface area contributed by atoms with Crippen molar-refractivity contribution in [3.8, 4) is 11.3 Å². The third-order valence-electron chi connectivity index (χ3n) is 7.39. The van der Waals surface area contributed by atoms with Gasteiger partial charge in [0, 0.05) is 18.0 Å². The Morgan fingerprint density at radius 1 is 0.943 bits per heavy atom. The summed E-state index contributed by atoms with van der Waals surface area (Å²) in [6.45, 7) is -0.303. The zero-order valence-electron chi connectivity index (χ0n) is 19.5. The monoisotopic (exact) mass is 463 g/mol. The lowest BCUT2D eigenvalue weighted by Crippen LogP contribution is -2.46. The number of nitrogens with zero attached hydrogens (tertiary/aromatic N) is 2. The molecule has 6 nitrogen and oxygen atoms in total. The van der Waals surface area contributed by atoms with Gasteiger partial charge in [0.15, 0.2) is 5.78 Å². The molecule has 3 amide bonds. The molecule has 35 heavy (non-hydrogen) atoms. The first-order chi connectivity index (χ1) is 17.0. The first-order valence-corrected chi connectivity index (χ1v) is 11.9. The summed E-state index contributed by atoms with van der Waals surface area (Å²) in [6, 6.07) is 24.7. The standard InChI is InChI=1S/C29H25N3O3/c1-31-23-16-8-6-14-21(23)25(26(31)20-11-3-2-4-12-20)24(33)18-32-27(34)29(30-28(32)35)17-9-13-19-10-5-7-15-22(19)29/h2-8,10-12,14-16H,9,13,17-18H2,1H3,(H,30,35)/t29-/m1/s1. The molecule has 0 unspecified atom stereocenters. The normalized spacial score (nSPS) is 19.3. The number of nitrogens with one attached hydrogen (secondary N) is 1. The molecule has 1 spiro atoms. The van der Waals surface area contributed by atoms with Crippen LogP contribution in [0.3, 0.4) is 0 Å². The van der Waals surface area contributed by atoms with Crippen LogP contribution in [0.2, 0.25) is 0 Å². The number of urea groups is 1.